The number of benzene rings is 1. The molecule has 3 aliphatic heterocycles. The van der Waals surface area contributed by atoms with Gasteiger partial charge in [0.2, 0.25) is 0 Å². The van der Waals surface area contributed by atoms with Crippen molar-refractivity contribution in [3.05, 3.63) is 33.8 Å². The summed E-state index contributed by atoms with van der Waals surface area (Å²) >= 11 is 12.5. The van der Waals surface area contributed by atoms with Gasteiger partial charge in [-0.05, 0) is 49.3 Å². The fourth-order valence-corrected chi connectivity index (χ4v) is 6.80. The third-order valence-electron chi connectivity index (χ3n) is 8.08. The van der Waals surface area contributed by atoms with Gasteiger partial charge in [0.25, 0.3) is 0 Å². The molecule has 0 amide bonds. The molecule has 3 aliphatic rings. The molecular weight excluding hydrogens is 441 g/mol. The number of esters is 1. The minimum Gasteiger partial charge on any atom is -0.461 e. The van der Waals surface area contributed by atoms with Crippen LogP contribution in [0.3, 0.4) is 0 Å². The molecule has 6 unspecified atom stereocenters. The lowest BCUT2D eigenvalue weighted by Crippen LogP contribution is -2.41. The molecule has 1 aromatic rings. The number of rotatable bonds is 12. The molecule has 4 bridgehead atoms. The van der Waals surface area contributed by atoms with Crippen LogP contribution >= 0.6 is 23.2 Å². The quantitative estimate of drug-likeness (QED) is 0.226. The Morgan fingerprint density at radius 1 is 1.00 bits per heavy atom. The molecule has 6 atom stereocenters. The van der Waals surface area contributed by atoms with Crippen molar-refractivity contribution in [2.24, 2.45) is 5.92 Å². The van der Waals surface area contributed by atoms with Gasteiger partial charge in [0.05, 0.1) is 10.0 Å². The number of ether oxygens (including phenoxy) is 1. The van der Waals surface area contributed by atoms with E-state index in [4.69, 9.17) is 27.9 Å². The highest BCUT2D eigenvalue weighted by Crippen LogP contribution is 2.53. The van der Waals surface area contributed by atoms with E-state index < -0.39 is 0 Å². The summed E-state index contributed by atoms with van der Waals surface area (Å²) in [6.45, 7) is 3.16. The minimum absolute atomic E-state index is 0.00421. The van der Waals surface area contributed by atoms with E-state index in [1.165, 1.54) is 63.4 Å². The van der Waals surface area contributed by atoms with Crippen molar-refractivity contribution in [1.82, 2.24) is 4.90 Å². The highest BCUT2D eigenvalue weighted by atomic mass is 35.5. The number of halogens is 2. The fraction of sp³-hybridized carbons (Fsp3) is 0.741. The van der Waals surface area contributed by atoms with E-state index in [-0.39, 0.29) is 12.1 Å². The predicted octanol–water partition coefficient (Wildman–Crippen LogP) is 7.78. The smallest absolute Gasteiger partial charge is 0.306 e. The first-order valence-corrected chi connectivity index (χ1v) is 13.7. The lowest BCUT2D eigenvalue weighted by molar-refractivity contribution is -0.150. The number of piperidine rings is 1. The van der Waals surface area contributed by atoms with Gasteiger partial charge in [0, 0.05) is 31.0 Å². The van der Waals surface area contributed by atoms with E-state index in [9.17, 15) is 4.79 Å². The maximum absolute atomic E-state index is 12.7. The first kappa shape index (κ1) is 24.4. The molecule has 3 heterocycles. The van der Waals surface area contributed by atoms with Crippen molar-refractivity contribution in [2.45, 2.75) is 114 Å². The van der Waals surface area contributed by atoms with E-state index in [1.54, 1.807) is 0 Å². The number of carbonyl (C=O) groups is 1. The van der Waals surface area contributed by atoms with Crippen LogP contribution in [-0.4, -0.2) is 35.6 Å². The highest BCUT2D eigenvalue weighted by Gasteiger charge is 2.56. The maximum atomic E-state index is 12.7. The van der Waals surface area contributed by atoms with E-state index in [1.807, 2.05) is 12.1 Å². The minimum atomic E-state index is -0.00421. The number of hydrogen-bond acceptors (Lipinski definition) is 3. The summed E-state index contributed by atoms with van der Waals surface area (Å²) in [5, 5.41) is 1.22. The molecule has 0 saturated carbocycles. The van der Waals surface area contributed by atoms with Crippen LogP contribution in [0.25, 0.3) is 0 Å². The summed E-state index contributed by atoms with van der Waals surface area (Å²) < 4.78 is 6.12. The zero-order chi connectivity index (χ0) is 22.5. The summed E-state index contributed by atoms with van der Waals surface area (Å²) in [4.78, 5) is 15.3. The average molecular weight is 481 g/mol. The number of hydrogen-bond donors (Lipinski definition) is 0. The van der Waals surface area contributed by atoms with Crippen LogP contribution in [-0.2, 0) is 9.53 Å². The van der Waals surface area contributed by atoms with Crippen molar-refractivity contribution < 1.29 is 9.53 Å². The Bertz CT molecular complexity index is 770. The Kier molecular flexibility index (Phi) is 8.81. The van der Waals surface area contributed by atoms with Gasteiger partial charge in [-0.3, -0.25) is 9.69 Å². The first-order chi connectivity index (χ1) is 15.6. The number of nitrogens with zero attached hydrogens (tertiary/aromatic N) is 1. The number of unbranched alkanes of at least 4 members (excludes halogenated alkanes) is 8. The van der Waals surface area contributed by atoms with Gasteiger partial charge in [0.15, 0.2) is 0 Å². The summed E-state index contributed by atoms with van der Waals surface area (Å²) in [6.07, 6.45) is 15.5. The second-order valence-electron chi connectivity index (χ2n) is 10.2. The van der Waals surface area contributed by atoms with Gasteiger partial charge in [-0.25, -0.2) is 0 Å². The molecule has 3 saturated heterocycles. The van der Waals surface area contributed by atoms with Crippen molar-refractivity contribution in [3.8, 4) is 0 Å². The largest absolute Gasteiger partial charge is 0.461 e. The van der Waals surface area contributed by atoms with E-state index in [2.05, 4.69) is 17.9 Å². The van der Waals surface area contributed by atoms with Gasteiger partial charge in [0.1, 0.15) is 6.10 Å². The molecule has 3 nitrogen and oxygen atoms in total. The second kappa shape index (κ2) is 11.6. The second-order valence-corrected chi connectivity index (χ2v) is 11.0. The lowest BCUT2D eigenvalue weighted by Gasteiger charge is -2.37. The number of carbonyl (C=O) groups excluding carboxylic acids is 1. The van der Waals surface area contributed by atoms with Crippen molar-refractivity contribution in [1.29, 1.82) is 0 Å². The molecule has 0 N–H and O–H groups in total. The summed E-state index contributed by atoms with van der Waals surface area (Å²) in [5.74, 6) is 0.764. The van der Waals surface area contributed by atoms with Gasteiger partial charge in [-0.1, -0.05) is 87.6 Å². The van der Waals surface area contributed by atoms with Gasteiger partial charge in [-0.15, -0.1) is 0 Å². The Balaban J connectivity index is 1.26. The molecule has 4 rings (SSSR count). The van der Waals surface area contributed by atoms with Gasteiger partial charge >= 0.3 is 5.97 Å². The topological polar surface area (TPSA) is 29.5 Å². The van der Waals surface area contributed by atoms with Crippen LogP contribution in [0, 0.1) is 5.92 Å². The third kappa shape index (κ3) is 5.65. The van der Waals surface area contributed by atoms with Crippen molar-refractivity contribution in [2.75, 3.05) is 6.54 Å². The first-order valence-electron chi connectivity index (χ1n) is 13.0. The van der Waals surface area contributed by atoms with Gasteiger partial charge < -0.3 is 4.74 Å². The Morgan fingerprint density at radius 3 is 2.44 bits per heavy atom. The van der Waals surface area contributed by atoms with E-state index in [0.29, 0.717) is 40.4 Å². The molecule has 0 spiro atoms. The standard InChI is InChI=1S/C27H39Cl2NO2/c1-2-3-4-5-6-7-8-9-10-11-26(31)32-25-18-30-20-13-15-24(30)27(25)21(17-20)19-12-14-22(28)23(29)16-19/h12,14,16,20-21,24-25,27H,2-11,13,15,17-18H2,1H3. The summed E-state index contributed by atoms with van der Waals surface area (Å²) in [7, 11) is 0. The molecular formula is C27H39Cl2NO2. The summed E-state index contributed by atoms with van der Waals surface area (Å²) in [5.41, 5.74) is 1.25. The normalized spacial score (nSPS) is 30.6. The zero-order valence-electron chi connectivity index (χ0n) is 19.5. The monoisotopic (exact) mass is 479 g/mol. The van der Waals surface area contributed by atoms with E-state index >= 15 is 0 Å². The van der Waals surface area contributed by atoms with E-state index in [0.717, 1.165) is 25.8 Å². The Labute approximate surface area is 204 Å². The zero-order valence-corrected chi connectivity index (χ0v) is 21.0. The highest BCUT2D eigenvalue weighted by molar-refractivity contribution is 6.42. The molecule has 32 heavy (non-hydrogen) atoms. The molecule has 0 radical (unpaired) electrons. The fourth-order valence-electron chi connectivity index (χ4n) is 6.50. The van der Waals surface area contributed by atoms with Crippen LogP contribution in [0.2, 0.25) is 10.0 Å². The SMILES string of the molecule is CCCCCCCCCCCC(=O)OC1CN2C3CCC2C1C(c1ccc(Cl)c(Cl)c1)C3. The average Bonchev–Trinajstić information content (AvgIpc) is 3.19. The van der Waals surface area contributed by atoms with Crippen LogP contribution in [0.1, 0.15) is 102 Å². The molecule has 1 aromatic carbocycles. The molecule has 0 aromatic heterocycles. The van der Waals surface area contributed by atoms with Crippen molar-refractivity contribution >= 4 is 29.2 Å². The van der Waals surface area contributed by atoms with Crippen LogP contribution in [0.4, 0.5) is 0 Å². The van der Waals surface area contributed by atoms with Crippen LogP contribution in [0.5, 0.6) is 0 Å². The van der Waals surface area contributed by atoms with Gasteiger partial charge in [-0.2, -0.15) is 0 Å². The molecule has 5 heteroatoms. The molecule has 3 fully saturated rings. The third-order valence-corrected chi connectivity index (χ3v) is 8.82. The molecule has 0 aliphatic carbocycles. The lowest BCUT2D eigenvalue weighted by atomic mass is 9.76. The molecule has 178 valence electrons. The Hall–Kier alpha value is -0.770. The van der Waals surface area contributed by atoms with Crippen LogP contribution < -0.4 is 0 Å². The van der Waals surface area contributed by atoms with Crippen LogP contribution in [0.15, 0.2) is 18.2 Å². The van der Waals surface area contributed by atoms with Crippen molar-refractivity contribution in [3.63, 3.8) is 0 Å². The maximum Gasteiger partial charge on any atom is 0.306 e. The Morgan fingerprint density at radius 2 is 1.72 bits per heavy atom. The summed E-state index contributed by atoms with van der Waals surface area (Å²) in [6, 6.07) is 7.21. The predicted molar refractivity (Wildman–Crippen MR) is 133 cm³/mol.